The van der Waals surface area contributed by atoms with Crippen LogP contribution in [0.4, 0.5) is 11.4 Å². The van der Waals surface area contributed by atoms with Crippen molar-refractivity contribution in [3.05, 3.63) is 97.1 Å². The molecule has 0 N–H and O–H groups in total. The van der Waals surface area contributed by atoms with E-state index in [1.165, 1.54) is 65.9 Å². The summed E-state index contributed by atoms with van der Waals surface area (Å²) in [6, 6.07) is 36.0. The first-order chi connectivity index (χ1) is 16.5. The van der Waals surface area contributed by atoms with Gasteiger partial charge in [-0.1, -0.05) is 66.7 Å². The third kappa shape index (κ3) is 3.18. The van der Waals surface area contributed by atoms with Crippen molar-refractivity contribution in [3.8, 4) is 22.3 Å². The first kappa shape index (κ1) is 20.6. The lowest BCUT2D eigenvalue weighted by atomic mass is 9.85. The Morgan fingerprint density at radius 1 is 0.441 bits per heavy atom. The normalized spacial score (nSPS) is 11.5. The van der Waals surface area contributed by atoms with Gasteiger partial charge >= 0.3 is 0 Å². The first-order valence-corrected chi connectivity index (χ1v) is 11.8. The Morgan fingerprint density at radius 3 is 1.29 bits per heavy atom. The van der Waals surface area contributed by atoms with Gasteiger partial charge in [0.2, 0.25) is 0 Å². The Morgan fingerprint density at radius 2 is 0.882 bits per heavy atom. The third-order valence-electron chi connectivity index (χ3n) is 7.04. The molecule has 0 fully saturated rings. The zero-order valence-electron chi connectivity index (χ0n) is 20.1. The molecule has 6 aromatic carbocycles. The second-order valence-corrected chi connectivity index (χ2v) is 9.53. The predicted octanol–water partition coefficient (Wildman–Crippen LogP) is 8.05. The van der Waals surface area contributed by atoms with Crippen LogP contribution in [0.1, 0.15) is 0 Å². The van der Waals surface area contributed by atoms with Crippen molar-refractivity contribution in [1.29, 1.82) is 0 Å². The van der Waals surface area contributed by atoms with Crippen LogP contribution in [0.3, 0.4) is 0 Å². The summed E-state index contributed by atoms with van der Waals surface area (Å²) in [7, 11) is 8.34. The lowest BCUT2D eigenvalue weighted by Gasteiger charge is -2.19. The largest absolute Gasteiger partial charge is 0.378 e. The summed E-state index contributed by atoms with van der Waals surface area (Å²) < 4.78 is 0. The van der Waals surface area contributed by atoms with Crippen molar-refractivity contribution in [2.75, 3.05) is 38.0 Å². The van der Waals surface area contributed by atoms with Gasteiger partial charge in [0.25, 0.3) is 0 Å². The van der Waals surface area contributed by atoms with Crippen LogP contribution in [0.2, 0.25) is 0 Å². The molecule has 0 aliphatic carbocycles. The van der Waals surface area contributed by atoms with E-state index in [1.54, 1.807) is 0 Å². The molecule has 34 heavy (non-hydrogen) atoms. The first-order valence-electron chi connectivity index (χ1n) is 11.8. The Hall–Kier alpha value is -4.04. The van der Waals surface area contributed by atoms with Gasteiger partial charge in [-0.05, 0) is 84.9 Å². The summed E-state index contributed by atoms with van der Waals surface area (Å²) in [6.45, 7) is 0. The van der Waals surface area contributed by atoms with Crippen molar-refractivity contribution in [3.63, 3.8) is 0 Å². The highest BCUT2D eigenvalue weighted by Gasteiger charge is 2.16. The van der Waals surface area contributed by atoms with Gasteiger partial charge in [0.15, 0.2) is 0 Å². The van der Waals surface area contributed by atoms with Crippen molar-refractivity contribution < 1.29 is 0 Å². The maximum absolute atomic E-state index is 2.39. The number of hydrogen-bond donors (Lipinski definition) is 0. The maximum atomic E-state index is 2.39. The molecule has 0 spiro atoms. The molecule has 2 nitrogen and oxygen atoms in total. The van der Waals surface area contributed by atoms with Crippen LogP contribution in [0.15, 0.2) is 97.1 Å². The number of hydrogen-bond acceptors (Lipinski definition) is 2. The van der Waals surface area contributed by atoms with Crippen molar-refractivity contribution in [1.82, 2.24) is 0 Å². The summed E-state index contributed by atoms with van der Waals surface area (Å²) in [4.78, 5) is 4.29. The topological polar surface area (TPSA) is 6.48 Å². The van der Waals surface area contributed by atoms with E-state index in [-0.39, 0.29) is 0 Å². The molecule has 0 heterocycles. The van der Waals surface area contributed by atoms with Crippen LogP contribution < -0.4 is 9.80 Å². The van der Waals surface area contributed by atoms with Crippen LogP contribution in [0.25, 0.3) is 54.6 Å². The number of benzene rings is 6. The van der Waals surface area contributed by atoms with Gasteiger partial charge in [-0.15, -0.1) is 0 Å². The molecule has 2 heteroatoms. The highest BCUT2D eigenvalue weighted by atomic mass is 15.1. The fourth-order valence-corrected chi connectivity index (χ4v) is 5.19. The molecule has 166 valence electrons. The minimum absolute atomic E-state index is 1.21. The second kappa shape index (κ2) is 7.78. The molecule has 0 radical (unpaired) electrons. The lowest BCUT2D eigenvalue weighted by Crippen LogP contribution is -2.08. The number of anilines is 2. The Kier molecular flexibility index (Phi) is 4.70. The fourth-order valence-electron chi connectivity index (χ4n) is 5.19. The summed E-state index contributed by atoms with van der Waals surface area (Å²) in [5, 5.41) is 7.93. The molecular weight excluding hydrogens is 412 g/mol. The molecular formula is C32H28N2. The van der Waals surface area contributed by atoms with E-state index in [1.807, 2.05) is 0 Å². The SMILES string of the molecule is CN(C)c1ccc(-c2cc(-c3ccc(N(C)C)cc3)c3ccc4cccc5ccc2c3c54)cc1. The predicted molar refractivity (Wildman–Crippen MR) is 150 cm³/mol. The smallest absolute Gasteiger partial charge is 0.0361 e. The lowest BCUT2D eigenvalue weighted by molar-refractivity contribution is 1.13. The quantitative estimate of drug-likeness (QED) is 0.256. The number of rotatable bonds is 4. The molecule has 0 aliphatic rings. The van der Waals surface area contributed by atoms with Crippen LogP contribution in [0, 0.1) is 0 Å². The van der Waals surface area contributed by atoms with Crippen LogP contribution in [-0.4, -0.2) is 28.2 Å². The average Bonchev–Trinajstić information content (AvgIpc) is 2.87. The zero-order chi connectivity index (χ0) is 23.4. The van der Waals surface area contributed by atoms with E-state index in [9.17, 15) is 0 Å². The van der Waals surface area contributed by atoms with Gasteiger partial charge in [-0.25, -0.2) is 0 Å². The van der Waals surface area contributed by atoms with Crippen LogP contribution in [0.5, 0.6) is 0 Å². The molecule has 6 rings (SSSR count). The minimum Gasteiger partial charge on any atom is -0.378 e. The van der Waals surface area contributed by atoms with Gasteiger partial charge in [0.1, 0.15) is 0 Å². The van der Waals surface area contributed by atoms with Crippen LogP contribution >= 0.6 is 0 Å². The van der Waals surface area contributed by atoms with E-state index < -0.39 is 0 Å². The minimum atomic E-state index is 1.21. The monoisotopic (exact) mass is 440 g/mol. The van der Waals surface area contributed by atoms with Crippen molar-refractivity contribution in [2.24, 2.45) is 0 Å². The molecule has 0 amide bonds. The molecule has 0 bridgehead atoms. The Bertz CT molecular complexity index is 1510. The molecule has 0 unspecified atom stereocenters. The number of nitrogens with zero attached hydrogens (tertiary/aromatic N) is 2. The van der Waals surface area contributed by atoms with E-state index in [0.29, 0.717) is 0 Å². The van der Waals surface area contributed by atoms with Gasteiger partial charge in [-0.3, -0.25) is 0 Å². The van der Waals surface area contributed by atoms with E-state index in [0.717, 1.165) is 0 Å². The molecule has 0 saturated heterocycles. The average molecular weight is 441 g/mol. The molecule has 0 aliphatic heterocycles. The summed E-state index contributed by atoms with van der Waals surface area (Å²) in [5.41, 5.74) is 7.47. The van der Waals surface area contributed by atoms with Crippen LogP contribution in [-0.2, 0) is 0 Å². The molecule has 0 aromatic heterocycles. The zero-order valence-corrected chi connectivity index (χ0v) is 20.1. The summed E-state index contributed by atoms with van der Waals surface area (Å²) >= 11 is 0. The van der Waals surface area contributed by atoms with Gasteiger partial charge < -0.3 is 9.80 Å². The second-order valence-electron chi connectivity index (χ2n) is 9.53. The molecule has 0 saturated carbocycles. The summed E-state index contributed by atoms with van der Waals surface area (Å²) in [5.74, 6) is 0. The summed E-state index contributed by atoms with van der Waals surface area (Å²) in [6.07, 6.45) is 0. The fraction of sp³-hybridized carbons (Fsp3) is 0.125. The Labute approximate surface area is 201 Å². The third-order valence-corrected chi connectivity index (χ3v) is 7.04. The van der Waals surface area contributed by atoms with E-state index in [4.69, 9.17) is 0 Å². The Balaban J connectivity index is 1.69. The molecule has 0 atom stereocenters. The van der Waals surface area contributed by atoms with Gasteiger partial charge in [0, 0.05) is 39.6 Å². The highest BCUT2D eigenvalue weighted by molar-refractivity contribution is 6.28. The maximum Gasteiger partial charge on any atom is 0.0361 e. The van der Waals surface area contributed by atoms with Crippen molar-refractivity contribution >= 4 is 43.7 Å². The molecule has 6 aromatic rings. The van der Waals surface area contributed by atoms with Gasteiger partial charge in [0.05, 0.1) is 0 Å². The van der Waals surface area contributed by atoms with E-state index >= 15 is 0 Å². The van der Waals surface area contributed by atoms with E-state index in [2.05, 4.69) is 135 Å². The van der Waals surface area contributed by atoms with Gasteiger partial charge in [-0.2, -0.15) is 0 Å². The highest BCUT2D eigenvalue weighted by Crippen LogP contribution is 2.44. The van der Waals surface area contributed by atoms with Crippen molar-refractivity contribution in [2.45, 2.75) is 0 Å². The standard InChI is InChI=1S/C32H28N2/c1-33(2)25-14-8-21(9-15-25)29-20-30(22-10-16-26(17-11-22)34(3)4)28-19-13-24-7-5-6-23-12-18-27(29)32(28)31(23)24/h5-20H,1-4H3.